The Balaban J connectivity index is 1.78. The summed E-state index contributed by atoms with van der Waals surface area (Å²) in [7, 11) is 0. The predicted molar refractivity (Wildman–Crippen MR) is 102 cm³/mol. The van der Waals surface area contributed by atoms with Crippen molar-refractivity contribution in [2.75, 3.05) is 0 Å². The first-order valence-electron chi connectivity index (χ1n) is 7.07. The van der Waals surface area contributed by atoms with Crippen molar-refractivity contribution in [3.63, 3.8) is 0 Å². The number of hydrazine groups is 1. The van der Waals surface area contributed by atoms with Crippen molar-refractivity contribution >= 4 is 57.8 Å². The molecule has 126 valence electrons. The summed E-state index contributed by atoms with van der Waals surface area (Å²) in [6.45, 7) is 0. The minimum atomic E-state index is -0.545. The third kappa shape index (κ3) is 4.01. The zero-order valence-electron chi connectivity index (χ0n) is 12.6. The van der Waals surface area contributed by atoms with Crippen molar-refractivity contribution in [2.45, 2.75) is 0 Å². The summed E-state index contributed by atoms with van der Waals surface area (Å²) >= 11 is 12.2. The number of hydrogen-bond acceptors (Lipinski definition) is 5. The van der Waals surface area contributed by atoms with E-state index in [4.69, 9.17) is 23.8 Å². The summed E-state index contributed by atoms with van der Waals surface area (Å²) < 4.78 is 0.215. The van der Waals surface area contributed by atoms with Gasteiger partial charge < -0.3 is 5.11 Å². The third-order valence-corrected chi connectivity index (χ3v) is 4.80. The molecule has 1 aliphatic rings. The number of rotatable bonds is 3. The van der Waals surface area contributed by atoms with E-state index in [1.165, 1.54) is 24.3 Å². The van der Waals surface area contributed by atoms with Crippen LogP contribution in [0.3, 0.4) is 0 Å². The summed E-state index contributed by atoms with van der Waals surface area (Å²) in [5.74, 6) is -1.02. The van der Waals surface area contributed by atoms with E-state index < -0.39 is 11.8 Å². The number of aromatic hydroxyl groups is 1. The molecule has 2 amide bonds. The molecule has 0 radical (unpaired) electrons. The van der Waals surface area contributed by atoms with Crippen LogP contribution in [-0.4, -0.2) is 26.3 Å². The van der Waals surface area contributed by atoms with E-state index in [-0.39, 0.29) is 15.6 Å². The molecule has 3 rings (SSSR count). The Hall–Kier alpha value is -2.35. The van der Waals surface area contributed by atoms with Crippen LogP contribution in [-0.2, 0) is 4.79 Å². The molecule has 25 heavy (non-hydrogen) atoms. The Morgan fingerprint density at radius 2 is 2.00 bits per heavy atom. The van der Waals surface area contributed by atoms with Gasteiger partial charge in [-0.25, -0.2) is 0 Å². The minimum absolute atomic E-state index is 0.0427. The molecular weight excluding hydrogens is 380 g/mol. The summed E-state index contributed by atoms with van der Waals surface area (Å²) in [6.07, 6.45) is 1.66. The van der Waals surface area contributed by atoms with Crippen molar-refractivity contribution < 1.29 is 14.7 Å². The second-order valence-electron chi connectivity index (χ2n) is 5.06. The fraction of sp³-hybridized carbons (Fsp3) is 0. The van der Waals surface area contributed by atoms with Gasteiger partial charge in [0, 0.05) is 10.6 Å². The summed E-state index contributed by atoms with van der Waals surface area (Å²) in [5, 5.41) is 11.0. The molecule has 0 saturated carbocycles. The first kappa shape index (κ1) is 17.5. The van der Waals surface area contributed by atoms with Crippen molar-refractivity contribution in [3.05, 3.63) is 69.6 Å². The van der Waals surface area contributed by atoms with Gasteiger partial charge in [-0.1, -0.05) is 41.6 Å². The predicted octanol–water partition coefficient (Wildman–Crippen LogP) is 3.59. The molecule has 1 fully saturated rings. The van der Waals surface area contributed by atoms with Gasteiger partial charge in [0.15, 0.2) is 4.32 Å². The zero-order chi connectivity index (χ0) is 18.0. The van der Waals surface area contributed by atoms with Gasteiger partial charge in [0.25, 0.3) is 11.8 Å². The van der Waals surface area contributed by atoms with E-state index in [1.54, 1.807) is 24.3 Å². The fourth-order valence-electron chi connectivity index (χ4n) is 2.13. The molecule has 2 N–H and O–H groups in total. The van der Waals surface area contributed by atoms with Gasteiger partial charge in [0.05, 0.1) is 4.91 Å². The number of thioether (sulfide) groups is 1. The number of phenols is 1. The molecule has 0 spiro atoms. The Labute approximate surface area is 158 Å². The Morgan fingerprint density at radius 3 is 2.72 bits per heavy atom. The van der Waals surface area contributed by atoms with E-state index in [0.717, 1.165) is 22.3 Å². The van der Waals surface area contributed by atoms with Gasteiger partial charge in [-0.15, -0.1) is 0 Å². The van der Waals surface area contributed by atoms with Crippen LogP contribution in [0.25, 0.3) is 6.08 Å². The number of amides is 2. The van der Waals surface area contributed by atoms with Gasteiger partial charge in [0.2, 0.25) is 0 Å². The monoisotopic (exact) mass is 390 g/mol. The number of carbonyl (C=O) groups is 2. The summed E-state index contributed by atoms with van der Waals surface area (Å²) in [5.41, 5.74) is 3.43. The van der Waals surface area contributed by atoms with E-state index in [0.29, 0.717) is 9.93 Å². The van der Waals surface area contributed by atoms with Gasteiger partial charge >= 0.3 is 0 Å². The van der Waals surface area contributed by atoms with Gasteiger partial charge in [-0.3, -0.25) is 15.0 Å². The topological polar surface area (TPSA) is 69.6 Å². The Kier molecular flexibility index (Phi) is 5.08. The lowest BCUT2D eigenvalue weighted by molar-refractivity contribution is -0.123. The van der Waals surface area contributed by atoms with Crippen LogP contribution in [0, 0.1) is 0 Å². The largest absolute Gasteiger partial charge is 0.508 e. The fourth-order valence-corrected chi connectivity index (χ4v) is 3.50. The van der Waals surface area contributed by atoms with E-state index >= 15 is 0 Å². The van der Waals surface area contributed by atoms with Gasteiger partial charge in [-0.2, -0.15) is 5.01 Å². The molecule has 2 aromatic carbocycles. The standard InChI is InChI=1S/C17H11ClN2O3S2/c18-12-5-1-3-10(7-12)8-14-16(23)20(17(24)25-14)19-15(22)11-4-2-6-13(21)9-11/h1-9,21H,(H,19,22)/b14-8-. The maximum Gasteiger partial charge on any atom is 0.285 e. The van der Waals surface area contributed by atoms with E-state index in [9.17, 15) is 14.7 Å². The maximum atomic E-state index is 12.5. The SMILES string of the molecule is O=C(NN1C(=O)/C(=C/c2cccc(Cl)c2)SC1=S)c1cccc(O)c1. The Morgan fingerprint density at radius 1 is 1.24 bits per heavy atom. The normalized spacial score (nSPS) is 15.7. The van der Waals surface area contributed by atoms with Crippen molar-refractivity contribution in [1.82, 2.24) is 10.4 Å². The number of halogens is 1. The second-order valence-corrected chi connectivity index (χ2v) is 7.18. The average molecular weight is 391 g/mol. The average Bonchev–Trinajstić information content (AvgIpc) is 2.82. The number of carbonyl (C=O) groups excluding carboxylic acids is 2. The van der Waals surface area contributed by atoms with Crippen LogP contribution in [0.1, 0.15) is 15.9 Å². The lowest BCUT2D eigenvalue weighted by Crippen LogP contribution is -2.44. The molecule has 8 heteroatoms. The minimum Gasteiger partial charge on any atom is -0.508 e. The van der Waals surface area contributed by atoms with Crippen LogP contribution in [0.4, 0.5) is 0 Å². The number of benzene rings is 2. The van der Waals surface area contributed by atoms with Crippen LogP contribution in [0.5, 0.6) is 5.75 Å². The molecule has 2 aromatic rings. The number of phenolic OH excluding ortho intramolecular Hbond substituents is 1. The molecule has 1 saturated heterocycles. The van der Waals surface area contributed by atoms with Gasteiger partial charge in [-0.05, 0) is 54.2 Å². The van der Waals surface area contributed by atoms with Crippen molar-refractivity contribution in [3.8, 4) is 5.75 Å². The number of nitrogens with one attached hydrogen (secondary N) is 1. The molecular formula is C17H11ClN2O3S2. The highest BCUT2D eigenvalue weighted by atomic mass is 35.5. The zero-order valence-corrected chi connectivity index (χ0v) is 15.0. The quantitative estimate of drug-likeness (QED) is 0.619. The van der Waals surface area contributed by atoms with Crippen LogP contribution < -0.4 is 5.43 Å². The molecule has 5 nitrogen and oxygen atoms in total. The van der Waals surface area contributed by atoms with Crippen molar-refractivity contribution in [1.29, 1.82) is 0 Å². The molecule has 0 aliphatic carbocycles. The summed E-state index contributed by atoms with van der Waals surface area (Å²) in [4.78, 5) is 25.1. The van der Waals surface area contributed by atoms with Crippen LogP contribution in [0.15, 0.2) is 53.4 Å². The Bertz CT molecular complexity index is 914. The lowest BCUT2D eigenvalue weighted by Gasteiger charge is -2.15. The van der Waals surface area contributed by atoms with E-state index in [2.05, 4.69) is 5.43 Å². The first-order valence-corrected chi connectivity index (χ1v) is 8.68. The van der Waals surface area contributed by atoms with Crippen LogP contribution >= 0.6 is 35.6 Å². The first-order chi connectivity index (χ1) is 11.9. The van der Waals surface area contributed by atoms with E-state index in [1.807, 2.05) is 6.07 Å². The second kappa shape index (κ2) is 7.26. The molecule has 0 bridgehead atoms. The smallest absolute Gasteiger partial charge is 0.285 e. The highest BCUT2D eigenvalue weighted by molar-refractivity contribution is 8.26. The van der Waals surface area contributed by atoms with Crippen molar-refractivity contribution in [2.24, 2.45) is 0 Å². The lowest BCUT2D eigenvalue weighted by atomic mass is 10.2. The third-order valence-electron chi connectivity index (χ3n) is 3.26. The molecule has 1 heterocycles. The number of nitrogens with zero attached hydrogens (tertiary/aromatic N) is 1. The molecule has 1 aliphatic heterocycles. The number of thiocarbonyl (C=S) groups is 1. The highest BCUT2D eigenvalue weighted by Crippen LogP contribution is 2.31. The molecule has 0 atom stereocenters. The summed E-state index contributed by atoms with van der Waals surface area (Å²) in [6, 6.07) is 12.8. The molecule has 0 unspecified atom stereocenters. The van der Waals surface area contributed by atoms with Gasteiger partial charge in [0.1, 0.15) is 5.75 Å². The number of hydrogen-bond donors (Lipinski definition) is 2. The van der Waals surface area contributed by atoms with Crippen LogP contribution in [0.2, 0.25) is 5.02 Å². The molecule has 0 aromatic heterocycles. The maximum absolute atomic E-state index is 12.5. The highest BCUT2D eigenvalue weighted by Gasteiger charge is 2.33.